The van der Waals surface area contributed by atoms with Crippen LogP contribution in [0.2, 0.25) is 0 Å². The maximum absolute atomic E-state index is 12.1. The molecule has 0 radical (unpaired) electrons. The smallest absolute Gasteiger partial charge is 1.00 e. The molecule has 0 aliphatic carbocycles. The number of amides is 1. The zero-order valence-electron chi connectivity index (χ0n) is 48.5. The van der Waals surface area contributed by atoms with E-state index in [2.05, 4.69) is 32.2 Å². The molecule has 0 spiro atoms. The number of nitroso groups, excluding NO2 is 1. The summed E-state index contributed by atoms with van der Waals surface area (Å²) in [5, 5.41) is 92.1. The molecule has 0 bridgehead atoms. The average molecular weight is 1320 g/mol. The zero-order valence-corrected chi connectivity index (χ0v) is 51.3. The maximum atomic E-state index is 12.1. The van der Waals surface area contributed by atoms with Gasteiger partial charge in [-0.3, -0.25) is 18.9 Å². The molecule has 7 aromatic carbocycles. The third-order valence-electron chi connectivity index (χ3n) is 9.86. The van der Waals surface area contributed by atoms with Gasteiger partial charge in [-0.1, -0.05) is 18.2 Å². The quantitative estimate of drug-likeness (QED) is 0.00441. The summed E-state index contributed by atoms with van der Waals surface area (Å²) in [6.07, 6.45) is 0. The summed E-state index contributed by atoms with van der Waals surface area (Å²) in [6.45, 7) is 6.15. The van der Waals surface area contributed by atoms with Crippen LogP contribution in [0.5, 0.6) is 17.2 Å². The minimum Gasteiger partial charge on any atom is -1.00 e. The Labute approximate surface area is 547 Å². The summed E-state index contributed by atoms with van der Waals surface area (Å²) in [5.41, 5.74) is 14.3. The normalized spacial score (nSPS) is 8.92. The van der Waals surface area contributed by atoms with Gasteiger partial charge < -0.3 is 87.9 Å². The summed E-state index contributed by atoms with van der Waals surface area (Å²) in [4.78, 5) is 94.6. The van der Waals surface area contributed by atoms with Crippen LogP contribution in [-0.2, 0) is 14.2 Å². The number of hydrogen-bond acceptors (Lipinski definition) is 25. The third kappa shape index (κ3) is 34.4. The van der Waals surface area contributed by atoms with Crippen LogP contribution in [0.25, 0.3) is 0 Å². The number of hydrogen-bond donors (Lipinski definition) is 11. The number of ether oxygens (including phenoxy) is 3. The fourth-order valence-electron chi connectivity index (χ4n) is 5.84. The molecule has 0 aliphatic rings. The number of aromatic hydroxyl groups is 3. The number of quaternary nitrogens is 1. The summed E-state index contributed by atoms with van der Waals surface area (Å²) in [5.74, 6) is -3.68. The Kier molecular flexibility index (Phi) is 49.5. The molecular weight excluding hydrogens is 1270 g/mol. The molecule has 14 N–H and O–H groups in total. The summed E-state index contributed by atoms with van der Waals surface area (Å²) in [6, 6.07) is 37.1. The standard InChI is InChI=1S/C16H14N2O5.C14H11N3O5.C9H9BF2O2.C9H11NO2.C7H6O3.ClH.2FH.N2.HNO2.H4NO.Na/c1-2-23-16(22)10-3-6-12(7-4-10)17-18-13-8-5-11(15(20)21)9-14(13)19;18-12-7-9(14(20)21)3-6-11(12)16-15-10-4-1-8(2-5-10)13(19)17-22;1-2-14-9(13)7-3-5-8(6-4-7)10(11)12;1-2-12-9(11)7-3-5-8(10)6-4-7;8-6-3-1-2-5(4-6)7(9)10;;;;1-2;2-1-3;1-2;/h3-9,19H,2H2,1H3,(H,20,21);1-7,15-16,18H,(H,20,21);3-6H,2H2,1H3;3-6H,2,10H2,1H3;1-4,8H,(H,9,10);3*1H;;(H,2,3);2H,1H3;/q;;;;;;;;;;2*+1/p-4. The van der Waals surface area contributed by atoms with Crippen LogP contribution >= 0.6 is 0 Å². The van der Waals surface area contributed by atoms with Crippen LogP contribution in [0.15, 0.2) is 178 Å². The van der Waals surface area contributed by atoms with Gasteiger partial charge in [-0.05, 0) is 166 Å². The van der Waals surface area contributed by atoms with Gasteiger partial charge in [0.25, 0.3) is 0 Å². The molecule has 0 aromatic heterocycles. The number of carboxylic acids is 3. The molecule has 0 saturated heterocycles. The van der Waals surface area contributed by atoms with Crippen molar-refractivity contribution in [2.24, 2.45) is 20.7 Å². The Hall–Kier alpha value is -11.2. The Balaban J connectivity index is -0.000000340. The first-order valence-corrected chi connectivity index (χ1v) is 24.4. The summed E-state index contributed by atoms with van der Waals surface area (Å²) in [7, 11) is -2.51. The van der Waals surface area contributed by atoms with Gasteiger partial charge in [0.05, 0.1) is 70.3 Å². The van der Waals surface area contributed by atoms with Crippen molar-refractivity contribution >= 4 is 82.9 Å². The number of nitrogens with one attached hydrogen (secondary N) is 2. The number of halogens is 5. The van der Waals surface area contributed by atoms with Crippen LogP contribution in [-0.4, -0.2) is 105 Å². The maximum Gasteiger partial charge on any atom is 1.00 e. The van der Waals surface area contributed by atoms with Gasteiger partial charge >= 0.3 is 78.5 Å². The molecule has 0 fully saturated rings. The third-order valence-corrected chi connectivity index (χ3v) is 9.86. The van der Waals surface area contributed by atoms with E-state index in [0.717, 1.165) is 17.5 Å². The molecule has 0 unspecified atom stereocenters. The van der Waals surface area contributed by atoms with Gasteiger partial charge in [-0.2, -0.15) is 5.11 Å². The number of nitrogens with zero attached hydrogens (tertiary/aromatic N) is 6. The number of carbonyl (C=O) groups is 7. The molecule has 7 aromatic rings. The number of hydrazine groups is 1. The molecule has 30 nitrogen and oxygen atoms in total. The number of benzene rings is 7. The number of azo groups is 1. The fraction of sp³-hybridized carbons (Fsp3) is 0.109. The molecule has 7 rings (SSSR count). The fourth-order valence-corrected chi connectivity index (χ4v) is 5.84. The predicted molar refractivity (Wildman–Crippen MR) is 310 cm³/mol. The van der Waals surface area contributed by atoms with Crippen LogP contribution in [0.4, 0.5) is 37.1 Å². The van der Waals surface area contributed by atoms with Crippen LogP contribution in [0.3, 0.4) is 0 Å². The van der Waals surface area contributed by atoms with E-state index in [0.29, 0.717) is 41.4 Å². The Morgan fingerprint density at radius 3 is 1.30 bits per heavy atom. The topological polar surface area (TPSA) is 521 Å². The number of rotatable bonds is 16. The summed E-state index contributed by atoms with van der Waals surface area (Å²) < 4.78 is 38.6. The van der Waals surface area contributed by atoms with E-state index < -0.39 is 43.0 Å². The van der Waals surface area contributed by atoms with Crippen LogP contribution in [0, 0.1) is 25.8 Å². The molecular formula is C55H55BClF4N10NaO20-2. The monoisotopic (exact) mass is 1320 g/mol. The molecule has 92 heavy (non-hydrogen) atoms. The minimum atomic E-state index is -2.51. The molecule has 0 aliphatic heterocycles. The van der Waals surface area contributed by atoms with Crippen molar-refractivity contribution in [1.29, 1.82) is 10.8 Å². The number of nitrogens with two attached hydrogens (primary N) is 1. The van der Waals surface area contributed by atoms with E-state index in [1.165, 1.54) is 97.1 Å². The first-order chi connectivity index (χ1) is 42.0. The molecule has 0 atom stereocenters. The van der Waals surface area contributed by atoms with Crippen molar-refractivity contribution in [2.75, 3.05) is 36.4 Å². The molecule has 37 heteroatoms. The average Bonchev–Trinajstić information content (AvgIpc) is 1.67. The molecule has 1 amide bonds. The second-order valence-electron chi connectivity index (χ2n) is 15.7. The van der Waals surface area contributed by atoms with Gasteiger partial charge in [-0.15, -0.1) is 15.4 Å². The summed E-state index contributed by atoms with van der Waals surface area (Å²) >= 11 is 0. The number of anilines is 3. The van der Waals surface area contributed by atoms with Gasteiger partial charge in [0, 0.05) is 27.2 Å². The molecule has 0 saturated carbocycles. The van der Waals surface area contributed by atoms with Crippen molar-refractivity contribution in [2.45, 2.75) is 20.8 Å². The number of nitrogen functional groups attached to an aromatic ring is 1. The van der Waals surface area contributed by atoms with E-state index in [9.17, 15) is 57.3 Å². The van der Waals surface area contributed by atoms with Crippen molar-refractivity contribution in [3.8, 4) is 17.2 Å². The largest absolute Gasteiger partial charge is 1.00 e. The van der Waals surface area contributed by atoms with Crippen LogP contribution in [0.1, 0.15) is 93.3 Å². The van der Waals surface area contributed by atoms with E-state index in [1.54, 1.807) is 69.3 Å². The number of carbonyl (C=O) groups excluding carboxylic acids is 4. The molecule has 0 heterocycles. The Bertz CT molecular complexity index is 3450. The first-order valence-electron chi connectivity index (χ1n) is 24.4. The van der Waals surface area contributed by atoms with Crippen molar-refractivity contribution in [3.05, 3.63) is 212 Å². The number of phenols is 3. The molecule has 486 valence electrons. The zero-order chi connectivity index (χ0) is 66.7. The number of phenolic OH excluding ortho intramolecular Hbond substituents is 3. The number of carboxylic acid groups (broad SMARTS) is 3. The van der Waals surface area contributed by atoms with E-state index in [1.807, 2.05) is 0 Å². The van der Waals surface area contributed by atoms with Crippen molar-refractivity contribution in [1.82, 2.24) is 0 Å². The number of aromatic carboxylic acids is 3. The van der Waals surface area contributed by atoms with Gasteiger partial charge in [0.1, 0.15) is 22.9 Å². The van der Waals surface area contributed by atoms with Gasteiger partial charge in [0.2, 0.25) is 0 Å². The van der Waals surface area contributed by atoms with Gasteiger partial charge in [0.15, 0.2) is 0 Å². The van der Waals surface area contributed by atoms with Gasteiger partial charge in [-0.25, -0.2) is 39.9 Å². The second kappa shape index (κ2) is 50.8. The SMILES string of the molecule is CCOC(=O)c1ccc(B(F)F)cc1.CCOC(=O)c1ccc(N)cc1.CCOC(=O)c1ccc(N=Nc2ccc(C(=O)O)cc2O)cc1.N#N.O=C(O)c1cccc(O)c1.O=NC(=O)c1ccc(NNc2ccc(C(=O)O)cc2O)cc1.O=N[O-].[Cl-].[F-].[F-].[NH3+]O.[Na+]. The van der Waals surface area contributed by atoms with Crippen molar-refractivity contribution in [3.63, 3.8) is 0 Å². The first kappa shape index (κ1) is 89.6. The number of esters is 3. The minimum absolute atomic E-state index is 0. The van der Waals surface area contributed by atoms with Crippen molar-refractivity contribution < 1.29 is 150 Å². The second-order valence-corrected chi connectivity index (χ2v) is 15.7. The Morgan fingerprint density at radius 1 is 0.554 bits per heavy atom. The Morgan fingerprint density at radius 2 is 0.935 bits per heavy atom. The van der Waals surface area contributed by atoms with E-state index in [4.69, 9.17) is 66.5 Å². The van der Waals surface area contributed by atoms with E-state index in [-0.39, 0.29) is 126 Å². The van der Waals surface area contributed by atoms with Crippen LogP contribution < -0.4 is 79.3 Å². The van der Waals surface area contributed by atoms with E-state index >= 15 is 0 Å². The predicted octanol–water partition coefficient (Wildman–Crippen LogP) is -2.93.